The van der Waals surface area contributed by atoms with Crippen LogP contribution in [0.1, 0.15) is 44.9 Å². The Bertz CT molecular complexity index is 162. The molecular formula is C12H24N2. The van der Waals surface area contributed by atoms with Crippen molar-refractivity contribution in [3.05, 3.63) is 0 Å². The van der Waals surface area contributed by atoms with Crippen molar-refractivity contribution in [2.45, 2.75) is 51.0 Å². The highest BCUT2D eigenvalue weighted by atomic mass is 15.1. The van der Waals surface area contributed by atoms with Crippen molar-refractivity contribution in [2.75, 3.05) is 19.6 Å². The van der Waals surface area contributed by atoms with Gasteiger partial charge in [0.05, 0.1) is 0 Å². The largest absolute Gasteiger partial charge is 0.328 e. The normalized spacial score (nSPS) is 35.8. The zero-order valence-electron chi connectivity index (χ0n) is 9.25. The lowest BCUT2D eigenvalue weighted by Crippen LogP contribution is -2.30. The molecule has 2 atom stereocenters. The maximum atomic E-state index is 5.94. The molecule has 1 aliphatic heterocycles. The summed E-state index contributed by atoms with van der Waals surface area (Å²) in [6.45, 7) is 4.01. The van der Waals surface area contributed by atoms with E-state index in [-0.39, 0.29) is 0 Å². The van der Waals surface area contributed by atoms with E-state index in [2.05, 4.69) is 4.90 Å². The van der Waals surface area contributed by atoms with Gasteiger partial charge in [0.2, 0.25) is 0 Å². The van der Waals surface area contributed by atoms with E-state index >= 15 is 0 Å². The van der Waals surface area contributed by atoms with E-state index in [0.29, 0.717) is 6.04 Å². The van der Waals surface area contributed by atoms with Gasteiger partial charge in [0.15, 0.2) is 0 Å². The topological polar surface area (TPSA) is 29.3 Å². The van der Waals surface area contributed by atoms with Crippen LogP contribution in [-0.4, -0.2) is 30.6 Å². The maximum Gasteiger partial charge on any atom is 0.00420 e. The van der Waals surface area contributed by atoms with Crippen LogP contribution in [0, 0.1) is 5.92 Å². The van der Waals surface area contributed by atoms with Gasteiger partial charge in [-0.2, -0.15) is 0 Å². The number of hydrogen-bond donors (Lipinski definition) is 1. The van der Waals surface area contributed by atoms with Gasteiger partial charge < -0.3 is 10.6 Å². The fourth-order valence-corrected chi connectivity index (χ4v) is 2.96. The van der Waals surface area contributed by atoms with E-state index in [1.54, 1.807) is 0 Å². The second kappa shape index (κ2) is 5.13. The molecule has 0 radical (unpaired) electrons. The number of nitrogens with two attached hydrogens (primary N) is 1. The van der Waals surface area contributed by atoms with Crippen molar-refractivity contribution < 1.29 is 0 Å². The van der Waals surface area contributed by atoms with E-state index in [1.807, 2.05) is 0 Å². The van der Waals surface area contributed by atoms with E-state index in [0.717, 1.165) is 5.92 Å². The summed E-state index contributed by atoms with van der Waals surface area (Å²) in [5.41, 5.74) is 5.94. The van der Waals surface area contributed by atoms with E-state index in [4.69, 9.17) is 5.73 Å². The molecule has 1 aliphatic carbocycles. The standard InChI is InChI=1S/C12H24N2/c13-12-6-5-11(9-12)10-14-7-3-1-2-4-8-14/h11-12H,1-10,13H2. The second-order valence-corrected chi connectivity index (χ2v) is 5.15. The minimum atomic E-state index is 0.506. The molecule has 0 amide bonds. The molecule has 2 nitrogen and oxygen atoms in total. The predicted octanol–water partition coefficient (Wildman–Crippen LogP) is 1.99. The van der Waals surface area contributed by atoms with Crippen molar-refractivity contribution in [1.29, 1.82) is 0 Å². The highest BCUT2D eigenvalue weighted by Gasteiger charge is 2.23. The van der Waals surface area contributed by atoms with Crippen LogP contribution >= 0.6 is 0 Å². The van der Waals surface area contributed by atoms with Crippen LogP contribution in [0.3, 0.4) is 0 Å². The summed E-state index contributed by atoms with van der Waals surface area (Å²) < 4.78 is 0. The third-order valence-electron chi connectivity index (χ3n) is 3.80. The monoisotopic (exact) mass is 196 g/mol. The first-order valence-electron chi connectivity index (χ1n) is 6.32. The zero-order chi connectivity index (χ0) is 9.80. The van der Waals surface area contributed by atoms with Gasteiger partial charge in [-0.1, -0.05) is 12.8 Å². The average molecular weight is 196 g/mol. The third kappa shape index (κ3) is 2.96. The molecule has 2 unspecified atom stereocenters. The zero-order valence-corrected chi connectivity index (χ0v) is 9.25. The van der Waals surface area contributed by atoms with Gasteiger partial charge in [-0.15, -0.1) is 0 Å². The summed E-state index contributed by atoms with van der Waals surface area (Å²) in [6, 6.07) is 0.506. The van der Waals surface area contributed by atoms with E-state index < -0.39 is 0 Å². The first-order valence-corrected chi connectivity index (χ1v) is 6.32. The summed E-state index contributed by atoms with van der Waals surface area (Å²) in [5, 5.41) is 0. The van der Waals surface area contributed by atoms with Crippen LogP contribution in [0.25, 0.3) is 0 Å². The molecule has 2 N–H and O–H groups in total. The Kier molecular flexibility index (Phi) is 3.82. The Morgan fingerprint density at radius 2 is 1.71 bits per heavy atom. The molecule has 2 aliphatic rings. The Hall–Kier alpha value is -0.0800. The van der Waals surface area contributed by atoms with Crippen molar-refractivity contribution in [2.24, 2.45) is 11.7 Å². The minimum Gasteiger partial charge on any atom is -0.328 e. The molecule has 1 saturated carbocycles. The van der Waals surface area contributed by atoms with E-state index in [1.165, 1.54) is 64.6 Å². The lowest BCUT2D eigenvalue weighted by molar-refractivity contribution is 0.239. The summed E-state index contributed by atoms with van der Waals surface area (Å²) in [5.74, 6) is 0.906. The fraction of sp³-hybridized carbons (Fsp3) is 1.00. The predicted molar refractivity (Wildman–Crippen MR) is 60.2 cm³/mol. The Morgan fingerprint density at radius 3 is 2.29 bits per heavy atom. The van der Waals surface area contributed by atoms with Crippen LogP contribution in [0.4, 0.5) is 0 Å². The van der Waals surface area contributed by atoms with Gasteiger partial charge >= 0.3 is 0 Å². The summed E-state index contributed by atoms with van der Waals surface area (Å²) in [4.78, 5) is 2.68. The number of hydrogen-bond acceptors (Lipinski definition) is 2. The average Bonchev–Trinajstić information content (AvgIpc) is 2.43. The molecule has 82 valence electrons. The van der Waals surface area contributed by atoms with Gasteiger partial charge in [0, 0.05) is 12.6 Å². The highest BCUT2D eigenvalue weighted by molar-refractivity contribution is 4.80. The van der Waals surface area contributed by atoms with Crippen molar-refractivity contribution >= 4 is 0 Å². The fourth-order valence-electron chi connectivity index (χ4n) is 2.96. The van der Waals surface area contributed by atoms with Gasteiger partial charge in [0.1, 0.15) is 0 Å². The SMILES string of the molecule is NC1CCC(CN2CCCCCC2)C1. The molecule has 14 heavy (non-hydrogen) atoms. The third-order valence-corrected chi connectivity index (χ3v) is 3.80. The molecule has 0 aromatic carbocycles. The maximum absolute atomic E-state index is 5.94. The molecule has 2 fully saturated rings. The summed E-state index contributed by atoms with van der Waals surface area (Å²) in [6.07, 6.45) is 9.63. The molecule has 2 rings (SSSR count). The first kappa shape index (κ1) is 10.4. The molecule has 1 heterocycles. The lowest BCUT2D eigenvalue weighted by atomic mass is 10.1. The van der Waals surface area contributed by atoms with Crippen LogP contribution < -0.4 is 5.73 Å². The van der Waals surface area contributed by atoms with Gasteiger partial charge in [-0.25, -0.2) is 0 Å². The molecule has 1 saturated heterocycles. The Labute approximate surface area is 87.8 Å². The van der Waals surface area contributed by atoms with Crippen molar-refractivity contribution in [3.63, 3.8) is 0 Å². The van der Waals surface area contributed by atoms with Crippen molar-refractivity contribution in [1.82, 2.24) is 4.90 Å². The lowest BCUT2D eigenvalue weighted by Gasteiger charge is -2.23. The first-order chi connectivity index (χ1) is 6.84. The van der Waals surface area contributed by atoms with E-state index in [9.17, 15) is 0 Å². The molecule has 0 bridgehead atoms. The van der Waals surface area contributed by atoms with Gasteiger partial charge in [-0.3, -0.25) is 0 Å². The Balaban J connectivity index is 1.72. The van der Waals surface area contributed by atoms with Crippen LogP contribution in [0.5, 0.6) is 0 Å². The van der Waals surface area contributed by atoms with Crippen LogP contribution in [0.2, 0.25) is 0 Å². The van der Waals surface area contributed by atoms with Crippen LogP contribution in [-0.2, 0) is 0 Å². The number of nitrogens with zero attached hydrogens (tertiary/aromatic N) is 1. The minimum absolute atomic E-state index is 0.506. The molecule has 0 spiro atoms. The molecular weight excluding hydrogens is 172 g/mol. The summed E-state index contributed by atoms with van der Waals surface area (Å²) >= 11 is 0. The summed E-state index contributed by atoms with van der Waals surface area (Å²) in [7, 11) is 0. The number of likely N-dealkylation sites (tertiary alicyclic amines) is 1. The second-order valence-electron chi connectivity index (χ2n) is 5.15. The Morgan fingerprint density at radius 1 is 1.00 bits per heavy atom. The van der Waals surface area contributed by atoms with Gasteiger partial charge in [-0.05, 0) is 51.1 Å². The molecule has 0 aromatic heterocycles. The quantitative estimate of drug-likeness (QED) is 0.732. The number of rotatable bonds is 2. The van der Waals surface area contributed by atoms with Gasteiger partial charge in [0.25, 0.3) is 0 Å². The smallest absolute Gasteiger partial charge is 0.00420 e. The van der Waals surface area contributed by atoms with Crippen LogP contribution in [0.15, 0.2) is 0 Å². The highest BCUT2D eigenvalue weighted by Crippen LogP contribution is 2.25. The molecule has 0 aromatic rings. The molecule has 2 heteroatoms. The van der Waals surface area contributed by atoms with Crippen molar-refractivity contribution in [3.8, 4) is 0 Å².